The molecule has 9 nitrogen and oxygen atoms in total. The number of carbonyl (C=O) groups excluding carboxylic acids is 2. The fraction of sp³-hybridized carbons (Fsp3) is 0.407. The summed E-state index contributed by atoms with van der Waals surface area (Å²) in [6.07, 6.45) is 2.83. The number of rotatable bonds is 8. The Kier molecular flexibility index (Phi) is 7.57. The van der Waals surface area contributed by atoms with Crippen molar-refractivity contribution in [3.05, 3.63) is 42.0 Å². The largest absolute Gasteiger partial charge is 0.497 e. The molecule has 0 spiro atoms. The molecule has 9 heteroatoms. The molecule has 2 heterocycles. The third kappa shape index (κ3) is 4.78. The number of carbonyl (C=O) groups is 2. The van der Waals surface area contributed by atoms with E-state index in [2.05, 4.69) is 0 Å². The molecule has 192 valence electrons. The van der Waals surface area contributed by atoms with Crippen molar-refractivity contribution in [2.75, 3.05) is 60.1 Å². The molecule has 0 N–H and O–H groups in total. The van der Waals surface area contributed by atoms with Crippen molar-refractivity contribution >= 4 is 23.1 Å². The van der Waals surface area contributed by atoms with Crippen molar-refractivity contribution in [3.8, 4) is 28.7 Å². The summed E-state index contributed by atoms with van der Waals surface area (Å²) < 4.78 is 27.2. The predicted molar refractivity (Wildman–Crippen MR) is 135 cm³/mol. The Morgan fingerprint density at radius 3 is 2.06 bits per heavy atom. The van der Waals surface area contributed by atoms with Gasteiger partial charge in [0.05, 0.1) is 52.7 Å². The van der Waals surface area contributed by atoms with Crippen LogP contribution < -0.4 is 28.6 Å². The van der Waals surface area contributed by atoms with Crippen molar-refractivity contribution < 1.29 is 33.3 Å². The highest BCUT2D eigenvalue weighted by atomic mass is 16.5. The number of nitrogens with zero attached hydrogens (tertiary/aromatic N) is 2. The SMILES string of the molecule is COc1ccc(N2CC(C(=O)N3CC=C(c4c(OC)cc(OC)cc4OC)CC3)CC2=O)c(OC)c1. The Hall–Kier alpha value is -3.88. The van der Waals surface area contributed by atoms with Gasteiger partial charge in [-0.1, -0.05) is 6.08 Å². The van der Waals surface area contributed by atoms with E-state index in [0.29, 0.717) is 60.5 Å². The average molecular weight is 497 g/mol. The quantitative estimate of drug-likeness (QED) is 0.554. The molecule has 2 aromatic rings. The third-order valence-corrected chi connectivity index (χ3v) is 6.71. The Balaban J connectivity index is 1.49. The van der Waals surface area contributed by atoms with E-state index in [1.54, 1.807) is 63.5 Å². The molecule has 2 aromatic carbocycles. The Labute approximate surface area is 211 Å². The number of methoxy groups -OCH3 is 5. The molecule has 0 radical (unpaired) electrons. The summed E-state index contributed by atoms with van der Waals surface area (Å²) >= 11 is 0. The second-order valence-corrected chi connectivity index (χ2v) is 8.61. The monoisotopic (exact) mass is 496 g/mol. The summed E-state index contributed by atoms with van der Waals surface area (Å²) in [4.78, 5) is 29.6. The van der Waals surface area contributed by atoms with Crippen molar-refractivity contribution in [3.63, 3.8) is 0 Å². The third-order valence-electron chi connectivity index (χ3n) is 6.71. The van der Waals surface area contributed by atoms with Crippen LogP contribution in [-0.2, 0) is 9.59 Å². The van der Waals surface area contributed by atoms with Gasteiger partial charge in [0.25, 0.3) is 0 Å². The van der Waals surface area contributed by atoms with Gasteiger partial charge in [0.1, 0.15) is 28.7 Å². The highest BCUT2D eigenvalue weighted by Crippen LogP contribution is 2.41. The van der Waals surface area contributed by atoms with Crippen LogP contribution >= 0.6 is 0 Å². The predicted octanol–water partition coefficient (Wildman–Crippen LogP) is 3.40. The van der Waals surface area contributed by atoms with Crippen LogP contribution in [0, 0.1) is 5.92 Å². The van der Waals surface area contributed by atoms with Crippen molar-refractivity contribution in [1.82, 2.24) is 4.90 Å². The van der Waals surface area contributed by atoms with E-state index in [1.807, 2.05) is 18.2 Å². The lowest BCUT2D eigenvalue weighted by molar-refractivity contribution is -0.135. The van der Waals surface area contributed by atoms with Crippen molar-refractivity contribution in [2.45, 2.75) is 12.8 Å². The van der Waals surface area contributed by atoms with Crippen LogP contribution in [-0.4, -0.2) is 71.9 Å². The van der Waals surface area contributed by atoms with E-state index in [4.69, 9.17) is 23.7 Å². The maximum atomic E-state index is 13.4. The minimum Gasteiger partial charge on any atom is -0.497 e. The minimum atomic E-state index is -0.413. The molecule has 36 heavy (non-hydrogen) atoms. The standard InChI is InChI=1S/C27H32N2O7/c1-32-19-6-7-21(22(13-19)34-3)29-16-18(12-25(29)30)27(31)28-10-8-17(9-11-28)26-23(35-4)14-20(33-2)15-24(26)36-5/h6-8,13-15,18H,9-12,16H2,1-5H3. The van der Waals surface area contributed by atoms with Gasteiger partial charge in [-0.15, -0.1) is 0 Å². The van der Waals surface area contributed by atoms with Gasteiger partial charge in [-0.2, -0.15) is 0 Å². The first-order chi connectivity index (χ1) is 17.4. The number of anilines is 1. The molecule has 2 aliphatic rings. The van der Waals surface area contributed by atoms with Crippen LogP contribution in [0.15, 0.2) is 36.4 Å². The van der Waals surface area contributed by atoms with Crippen LogP contribution in [0.3, 0.4) is 0 Å². The minimum absolute atomic E-state index is 0.0257. The number of hydrogen-bond donors (Lipinski definition) is 0. The lowest BCUT2D eigenvalue weighted by Crippen LogP contribution is -2.40. The summed E-state index contributed by atoms with van der Waals surface area (Å²) in [5.74, 6) is 2.58. The normalized spacial score (nSPS) is 17.5. The van der Waals surface area contributed by atoms with Crippen molar-refractivity contribution in [2.24, 2.45) is 5.92 Å². The number of hydrogen-bond acceptors (Lipinski definition) is 7. The fourth-order valence-electron chi connectivity index (χ4n) is 4.79. The van der Waals surface area contributed by atoms with E-state index in [9.17, 15) is 9.59 Å². The van der Waals surface area contributed by atoms with Gasteiger partial charge in [-0.05, 0) is 24.1 Å². The zero-order chi connectivity index (χ0) is 25.8. The lowest BCUT2D eigenvalue weighted by atomic mass is 9.96. The Morgan fingerprint density at radius 1 is 0.861 bits per heavy atom. The molecule has 2 aliphatic heterocycles. The zero-order valence-electron chi connectivity index (χ0n) is 21.3. The van der Waals surface area contributed by atoms with E-state index < -0.39 is 5.92 Å². The number of ether oxygens (including phenoxy) is 5. The van der Waals surface area contributed by atoms with Gasteiger partial charge in [0.15, 0.2) is 0 Å². The first kappa shape index (κ1) is 25.2. The average Bonchev–Trinajstić information content (AvgIpc) is 3.32. The fourth-order valence-corrected chi connectivity index (χ4v) is 4.79. The van der Waals surface area contributed by atoms with Gasteiger partial charge in [-0.25, -0.2) is 0 Å². The maximum Gasteiger partial charge on any atom is 0.228 e. The Bertz CT molecular complexity index is 1150. The second-order valence-electron chi connectivity index (χ2n) is 8.61. The first-order valence-electron chi connectivity index (χ1n) is 11.7. The molecule has 4 rings (SSSR count). The van der Waals surface area contributed by atoms with Crippen LogP contribution in [0.2, 0.25) is 0 Å². The van der Waals surface area contributed by atoms with Gasteiger partial charge in [0, 0.05) is 44.3 Å². The maximum absolute atomic E-state index is 13.4. The van der Waals surface area contributed by atoms with Crippen molar-refractivity contribution in [1.29, 1.82) is 0 Å². The first-order valence-corrected chi connectivity index (χ1v) is 11.7. The molecule has 1 atom stereocenters. The molecule has 1 unspecified atom stereocenters. The van der Waals surface area contributed by atoms with Gasteiger partial charge < -0.3 is 33.5 Å². The molecule has 2 amide bonds. The van der Waals surface area contributed by atoms with Gasteiger partial charge in [0.2, 0.25) is 11.8 Å². The highest BCUT2D eigenvalue weighted by molar-refractivity contribution is 6.01. The van der Waals surface area contributed by atoms with E-state index in [-0.39, 0.29) is 18.2 Å². The molecule has 0 saturated carbocycles. The molecule has 1 saturated heterocycles. The highest BCUT2D eigenvalue weighted by Gasteiger charge is 2.38. The summed E-state index contributed by atoms with van der Waals surface area (Å²) in [5, 5.41) is 0. The van der Waals surface area contributed by atoms with Crippen LogP contribution in [0.5, 0.6) is 28.7 Å². The van der Waals surface area contributed by atoms with Gasteiger partial charge >= 0.3 is 0 Å². The van der Waals surface area contributed by atoms with E-state index in [1.165, 1.54) is 0 Å². The number of benzene rings is 2. The summed E-state index contributed by atoms with van der Waals surface area (Å²) in [6, 6.07) is 8.94. The zero-order valence-corrected chi connectivity index (χ0v) is 21.3. The summed E-state index contributed by atoms with van der Waals surface area (Å²) in [5.41, 5.74) is 2.54. The van der Waals surface area contributed by atoms with Crippen LogP contribution in [0.25, 0.3) is 5.57 Å². The van der Waals surface area contributed by atoms with Gasteiger partial charge in [-0.3, -0.25) is 9.59 Å². The smallest absolute Gasteiger partial charge is 0.228 e. The van der Waals surface area contributed by atoms with Crippen LogP contribution in [0.4, 0.5) is 5.69 Å². The molecule has 0 bridgehead atoms. The molecular weight excluding hydrogens is 464 g/mol. The summed E-state index contributed by atoms with van der Waals surface area (Å²) in [7, 11) is 7.93. The van der Waals surface area contributed by atoms with Crippen LogP contribution in [0.1, 0.15) is 18.4 Å². The Morgan fingerprint density at radius 2 is 1.50 bits per heavy atom. The summed E-state index contributed by atoms with van der Waals surface area (Å²) in [6.45, 7) is 1.30. The molecule has 0 aliphatic carbocycles. The second kappa shape index (κ2) is 10.8. The topological polar surface area (TPSA) is 86.8 Å². The van der Waals surface area contributed by atoms with E-state index in [0.717, 1.165) is 11.1 Å². The molecular formula is C27H32N2O7. The molecule has 1 fully saturated rings. The molecule has 0 aromatic heterocycles. The van der Waals surface area contributed by atoms with E-state index >= 15 is 0 Å². The number of amides is 2. The lowest BCUT2D eigenvalue weighted by Gasteiger charge is -2.30.